The molecule has 124 valence electrons. The van der Waals surface area contributed by atoms with E-state index in [0.29, 0.717) is 26.2 Å². The summed E-state index contributed by atoms with van der Waals surface area (Å²) in [5.41, 5.74) is 1.67. The van der Waals surface area contributed by atoms with E-state index >= 15 is 0 Å². The van der Waals surface area contributed by atoms with Crippen LogP contribution in [0.1, 0.15) is 39.7 Å². The van der Waals surface area contributed by atoms with Gasteiger partial charge in [0, 0.05) is 18.8 Å². The van der Waals surface area contributed by atoms with Gasteiger partial charge in [-0.1, -0.05) is 26.0 Å². The maximum absolute atomic E-state index is 11.9. The lowest BCUT2D eigenvalue weighted by atomic mass is 9.87. The normalized spacial score (nSPS) is 12.8. The smallest absolute Gasteiger partial charge is 0.319 e. The SMILES string of the molecule is CCOCc1ccc(NC(=O)NCC(C)(C)CC(C)O)cc1. The van der Waals surface area contributed by atoms with Gasteiger partial charge in [-0.3, -0.25) is 0 Å². The maximum Gasteiger partial charge on any atom is 0.319 e. The number of urea groups is 1. The van der Waals surface area contributed by atoms with Gasteiger partial charge < -0.3 is 20.5 Å². The molecule has 1 aromatic rings. The Morgan fingerprint density at radius 1 is 1.32 bits per heavy atom. The first-order valence-electron chi connectivity index (χ1n) is 7.72. The summed E-state index contributed by atoms with van der Waals surface area (Å²) in [5.74, 6) is 0. The maximum atomic E-state index is 11.9. The fraction of sp³-hybridized carbons (Fsp3) is 0.588. The van der Waals surface area contributed by atoms with E-state index < -0.39 is 0 Å². The molecule has 0 radical (unpaired) electrons. The van der Waals surface area contributed by atoms with Crippen molar-refractivity contribution in [1.29, 1.82) is 0 Å². The quantitative estimate of drug-likeness (QED) is 0.691. The lowest BCUT2D eigenvalue weighted by Gasteiger charge is -2.26. The van der Waals surface area contributed by atoms with Crippen molar-refractivity contribution in [3.8, 4) is 0 Å². The molecule has 1 rings (SSSR count). The molecule has 1 aromatic carbocycles. The molecule has 0 fully saturated rings. The van der Waals surface area contributed by atoms with Gasteiger partial charge in [0.1, 0.15) is 0 Å². The molecule has 0 saturated heterocycles. The minimum atomic E-state index is -0.377. The summed E-state index contributed by atoms with van der Waals surface area (Å²) in [6.45, 7) is 9.52. The van der Waals surface area contributed by atoms with Crippen LogP contribution in [0.4, 0.5) is 10.5 Å². The molecule has 1 unspecified atom stereocenters. The van der Waals surface area contributed by atoms with Gasteiger partial charge in [0.2, 0.25) is 0 Å². The fourth-order valence-corrected chi connectivity index (χ4v) is 2.27. The Labute approximate surface area is 133 Å². The molecule has 0 aliphatic carbocycles. The number of rotatable bonds is 8. The van der Waals surface area contributed by atoms with Crippen LogP contribution >= 0.6 is 0 Å². The highest BCUT2D eigenvalue weighted by Crippen LogP contribution is 2.21. The van der Waals surface area contributed by atoms with E-state index in [-0.39, 0.29) is 17.6 Å². The largest absolute Gasteiger partial charge is 0.393 e. The van der Waals surface area contributed by atoms with Crippen molar-refractivity contribution in [2.45, 2.75) is 46.8 Å². The first kappa shape index (κ1) is 18.5. The molecule has 5 heteroatoms. The standard InChI is InChI=1S/C17H28N2O3/c1-5-22-11-14-6-8-15(9-7-14)19-16(21)18-12-17(3,4)10-13(2)20/h6-9,13,20H,5,10-12H2,1-4H3,(H2,18,19,21). The van der Waals surface area contributed by atoms with Crippen LogP contribution < -0.4 is 10.6 Å². The first-order chi connectivity index (χ1) is 10.3. The van der Waals surface area contributed by atoms with Crippen LogP contribution in [0.3, 0.4) is 0 Å². The molecule has 0 bridgehead atoms. The van der Waals surface area contributed by atoms with Gasteiger partial charge in [-0.2, -0.15) is 0 Å². The highest BCUT2D eigenvalue weighted by atomic mass is 16.5. The van der Waals surface area contributed by atoms with Crippen molar-refractivity contribution in [3.05, 3.63) is 29.8 Å². The number of ether oxygens (including phenoxy) is 1. The van der Waals surface area contributed by atoms with Gasteiger partial charge in [0.05, 0.1) is 12.7 Å². The topological polar surface area (TPSA) is 70.6 Å². The fourth-order valence-electron chi connectivity index (χ4n) is 2.27. The zero-order chi connectivity index (χ0) is 16.6. The second-order valence-corrected chi connectivity index (χ2v) is 6.36. The van der Waals surface area contributed by atoms with Gasteiger partial charge in [-0.25, -0.2) is 4.79 Å². The van der Waals surface area contributed by atoms with Crippen LogP contribution in [0.25, 0.3) is 0 Å². The summed E-state index contributed by atoms with van der Waals surface area (Å²) in [4.78, 5) is 11.9. The van der Waals surface area contributed by atoms with E-state index in [9.17, 15) is 9.90 Å². The minimum Gasteiger partial charge on any atom is -0.393 e. The number of hydrogen-bond donors (Lipinski definition) is 3. The van der Waals surface area contributed by atoms with Crippen molar-refractivity contribution >= 4 is 11.7 Å². The lowest BCUT2D eigenvalue weighted by molar-refractivity contribution is 0.129. The van der Waals surface area contributed by atoms with Gasteiger partial charge >= 0.3 is 6.03 Å². The predicted octanol–water partition coefficient (Wildman–Crippen LogP) is 3.14. The Morgan fingerprint density at radius 3 is 2.50 bits per heavy atom. The molecule has 0 heterocycles. The summed E-state index contributed by atoms with van der Waals surface area (Å²) < 4.78 is 5.33. The highest BCUT2D eigenvalue weighted by molar-refractivity contribution is 5.89. The molecular weight excluding hydrogens is 280 g/mol. The number of nitrogens with one attached hydrogen (secondary N) is 2. The van der Waals surface area contributed by atoms with Crippen molar-refractivity contribution in [2.24, 2.45) is 5.41 Å². The van der Waals surface area contributed by atoms with E-state index in [4.69, 9.17) is 4.74 Å². The number of aliphatic hydroxyl groups excluding tert-OH is 1. The summed E-state index contributed by atoms with van der Waals surface area (Å²) in [6, 6.07) is 7.34. The van der Waals surface area contributed by atoms with E-state index in [2.05, 4.69) is 10.6 Å². The van der Waals surface area contributed by atoms with Gasteiger partial charge in [-0.15, -0.1) is 0 Å². The van der Waals surface area contributed by atoms with Crippen LogP contribution in [-0.2, 0) is 11.3 Å². The summed E-state index contributed by atoms with van der Waals surface area (Å²) in [6.07, 6.45) is 0.261. The molecule has 0 spiro atoms. The van der Waals surface area contributed by atoms with E-state index in [0.717, 1.165) is 11.3 Å². The summed E-state index contributed by atoms with van der Waals surface area (Å²) >= 11 is 0. The monoisotopic (exact) mass is 308 g/mol. The Hall–Kier alpha value is -1.59. The molecular formula is C17H28N2O3. The van der Waals surface area contributed by atoms with Crippen molar-refractivity contribution in [2.75, 3.05) is 18.5 Å². The Balaban J connectivity index is 2.41. The van der Waals surface area contributed by atoms with Gasteiger partial charge in [-0.05, 0) is 43.4 Å². The lowest BCUT2D eigenvalue weighted by Crippen LogP contribution is -2.38. The zero-order valence-electron chi connectivity index (χ0n) is 14.0. The van der Waals surface area contributed by atoms with E-state index in [1.54, 1.807) is 6.92 Å². The number of carbonyl (C=O) groups excluding carboxylic acids is 1. The second kappa shape index (κ2) is 8.76. The number of aliphatic hydroxyl groups is 1. The molecule has 2 amide bonds. The molecule has 0 aromatic heterocycles. The molecule has 5 nitrogen and oxygen atoms in total. The molecule has 0 saturated carbocycles. The number of hydrogen-bond acceptors (Lipinski definition) is 3. The minimum absolute atomic E-state index is 0.146. The molecule has 0 aliphatic rings. The highest BCUT2D eigenvalue weighted by Gasteiger charge is 2.21. The number of anilines is 1. The zero-order valence-corrected chi connectivity index (χ0v) is 14.0. The molecule has 1 atom stereocenters. The predicted molar refractivity (Wildman–Crippen MR) is 88.9 cm³/mol. The number of benzene rings is 1. The molecule has 0 aliphatic heterocycles. The van der Waals surface area contributed by atoms with Crippen LogP contribution in [0.2, 0.25) is 0 Å². The number of carbonyl (C=O) groups is 1. The van der Waals surface area contributed by atoms with Gasteiger partial charge in [0.25, 0.3) is 0 Å². The number of amides is 2. The van der Waals surface area contributed by atoms with Crippen molar-refractivity contribution < 1.29 is 14.6 Å². The Bertz CT molecular complexity index is 455. The first-order valence-corrected chi connectivity index (χ1v) is 7.72. The van der Waals surface area contributed by atoms with Gasteiger partial charge in [0.15, 0.2) is 0 Å². The summed E-state index contributed by atoms with van der Waals surface area (Å²) in [5, 5.41) is 15.1. The van der Waals surface area contributed by atoms with Crippen LogP contribution in [0.15, 0.2) is 24.3 Å². The average Bonchev–Trinajstić information content (AvgIpc) is 2.43. The second-order valence-electron chi connectivity index (χ2n) is 6.36. The molecule has 22 heavy (non-hydrogen) atoms. The Kier molecular flexibility index (Phi) is 7.35. The third kappa shape index (κ3) is 7.43. The average molecular weight is 308 g/mol. The van der Waals surface area contributed by atoms with Crippen molar-refractivity contribution in [3.63, 3.8) is 0 Å². The van der Waals surface area contributed by atoms with Crippen LogP contribution in [0, 0.1) is 5.41 Å². The third-order valence-electron chi connectivity index (χ3n) is 3.26. The molecule has 3 N–H and O–H groups in total. The van der Waals surface area contributed by atoms with E-state index in [1.807, 2.05) is 45.0 Å². The third-order valence-corrected chi connectivity index (χ3v) is 3.26. The van der Waals surface area contributed by atoms with Crippen molar-refractivity contribution in [1.82, 2.24) is 5.32 Å². The Morgan fingerprint density at radius 2 is 1.95 bits per heavy atom. The van der Waals surface area contributed by atoms with Crippen LogP contribution in [0.5, 0.6) is 0 Å². The summed E-state index contributed by atoms with van der Waals surface area (Å²) in [7, 11) is 0. The van der Waals surface area contributed by atoms with E-state index in [1.165, 1.54) is 0 Å². The van der Waals surface area contributed by atoms with Crippen LogP contribution in [-0.4, -0.2) is 30.4 Å².